The molecule has 2 unspecified atom stereocenters. The van der Waals surface area contributed by atoms with Crippen molar-refractivity contribution in [1.29, 1.82) is 0 Å². The Balaban J connectivity index is 2.18. The normalized spacial score (nSPS) is 20.4. The Morgan fingerprint density at radius 1 is 1.21 bits per heavy atom. The Morgan fingerprint density at radius 3 is 2.37 bits per heavy atom. The summed E-state index contributed by atoms with van der Waals surface area (Å²) in [5.41, 5.74) is 1.15. The average molecular weight is 267 g/mol. The summed E-state index contributed by atoms with van der Waals surface area (Å²) in [7, 11) is 0. The van der Waals surface area contributed by atoms with Gasteiger partial charge in [0, 0.05) is 24.3 Å². The molecule has 106 valence electrons. The summed E-state index contributed by atoms with van der Waals surface area (Å²) in [4.78, 5) is 2.10. The SMILES string of the molecule is CC(O)c1c(F)cccc1N1CCC(C(C)O)CC1. The summed E-state index contributed by atoms with van der Waals surface area (Å²) in [6.07, 6.45) is 0.692. The zero-order valence-corrected chi connectivity index (χ0v) is 11.5. The van der Waals surface area contributed by atoms with Crippen molar-refractivity contribution >= 4 is 5.69 Å². The third-order valence-corrected chi connectivity index (χ3v) is 4.01. The van der Waals surface area contributed by atoms with Crippen LogP contribution < -0.4 is 4.90 Å². The van der Waals surface area contributed by atoms with Gasteiger partial charge in [-0.25, -0.2) is 4.39 Å². The molecule has 0 radical (unpaired) electrons. The van der Waals surface area contributed by atoms with E-state index in [1.54, 1.807) is 13.0 Å². The topological polar surface area (TPSA) is 43.7 Å². The van der Waals surface area contributed by atoms with Gasteiger partial charge in [-0.15, -0.1) is 0 Å². The van der Waals surface area contributed by atoms with Crippen molar-refractivity contribution in [3.8, 4) is 0 Å². The number of aliphatic hydroxyl groups is 2. The number of rotatable bonds is 3. The van der Waals surface area contributed by atoms with Crippen LogP contribution in [0.25, 0.3) is 0 Å². The number of halogens is 1. The molecular weight excluding hydrogens is 245 g/mol. The van der Waals surface area contributed by atoms with E-state index in [1.165, 1.54) is 6.07 Å². The van der Waals surface area contributed by atoms with E-state index in [9.17, 15) is 14.6 Å². The van der Waals surface area contributed by atoms with E-state index in [2.05, 4.69) is 4.90 Å². The fraction of sp³-hybridized carbons (Fsp3) is 0.600. The van der Waals surface area contributed by atoms with Crippen LogP contribution in [0.3, 0.4) is 0 Å². The van der Waals surface area contributed by atoms with Crippen molar-refractivity contribution in [2.24, 2.45) is 5.92 Å². The molecule has 2 N–H and O–H groups in total. The highest BCUT2D eigenvalue weighted by Gasteiger charge is 2.25. The second kappa shape index (κ2) is 5.88. The van der Waals surface area contributed by atoms with Gasteiger partial charge >= 0.3 is 0 Å². The zero-order chi connectivity index (χ0) is 14.0. The number of piperidine rings is 1. The molecule has 19 heavy (non-hydrogen) atoms. The lowest BCUT2D eigenvalue weighted by Gasteiger charge is -2.36. The summed E-state index contributed by atoms with van der Waals surface area (Å²) in [6.45, 7) is 4.99. The fourth-order valence-electron chi connectivity index (χ4n) is 2.84. The first-order valence-electron chi connectivity index (χ1n) is 6.90. The lowest BCUT2D eigenvalue weighted by atomic mass is 9.91. The third kappa shape index (κ3) is 3.07. The number of anilines is 1. The zero-order valence-electron chi connectivity index (χ0n) is 11.5. The monoisotopic (exact) mass is 267 g/mol. The van der Waals surface area contributed by atoms with E-state index in [4.69, 9.17) is 0 Å². The molecule has 3 nitrogen and oxygen atoms in total. The number of benzene rings is 1. The molecule has 0 aliphatic carbocycles. The second-order valence-electron chi connectivity index (χ2n) is 5.41. The summed E-state index contributed by atoms with van der Waals surface area (Å²) in [6, 6.07) is 4.92. The van der Waals surface area contributed by atoms with Gasteiger partial charge in [0.1, 0.15) is 5.82 Å². The van der Waals surface area contributed by atoms with Crippen LogP contribution in [0.4, 0.5) is 10.1 Å². The first-order valence-corrected chi connectivity index (χ1v) is 6.90. The maximum atomic E-state index is 13.8. The predicted octanol–water partition coefficient (Wildman–Crippen LogP) is 2.48. The molecule has 0 amide bonds. The molecule has 1 aliphatic heterocycles. The Bertz CT molecular complexity index is 426. The molecule has 1 aliphatic rings. The maximum absolute atomic E-state index is 13.8. The fourth-order valence-corrected chi connectivity index (χ4v) is 2.84. The van der Waals surface area contributed by atoms with Gasteiger partial charge in [-0.2, -0.15) is 0 Å². The maximum Gasteiger partial charge on any atom is 0.131 e. The molecule has 1 heterocycles. The van der Waals surface area contributed by atoms with E-state index >= 15 is 0 Å². The van der Waals surface area contributed by atoms with Crippen LogP contribution in [0.2, 0.25) is 0 Å². The molecular formula is C15H22FNO2. The lowest BCUT2D eigenvalue weighted by Crippen LogP contribution is -2.37. The van der Waals surface area contributed by atoms with Gasteiger partial charge in [-0.1, -0.05) is 6.07 Å². The van der Waals surface area contributed by atoms with Crippen LogP contribution in [0.1, 0.15) is 38.4 Å². The van der Waals surface area contributed by atoms with Crippen LogP contribution in [-0.2, 0) is 0 Å². The number of hydrogen-bond acceptors (Lipinski definition) is 3. The molecule has 0 bridgehead atoms. The molecule has 1 aromatic carbocycles. The number of aliphatic hydroxyl groups excluding tert-OH is 2. The van der Waals surface area contributed by atoms with E-state index in [0.717, 1.165) is 31.6 Å². The van der Waals surface area contributed by atoms with Crippen molar-refractivity contribution < 1.29 is 14.6 Å². The quantitative estimate of drug-likeness (QED) is 0.884. The van der Waals surface area contributed by atoms with Gasteiger partial charge < -0.3 is 15.1 Å². The van der Waals surface area contributed by atoms with E-state index < -0.39 is 6.10 Å². The minimum Gasteiger partial charge on any atom is -0.393 e. The molecule has 4 heteroatoms. The molecule has 1 aromatic rings. The van der Waals surface area contributed by atoms with Crippen molar-refractivity contribution in [1.82, 2.24) is 0 Å². The van der Waals surface area contributed by atoms with Gasteiger partial charge in [0.15, 0.2) is 0 Å². The third-order valence-electron chi connectivity index (χ3n) is 4.01. The first-order chi connectivity index (χ1) is 9.00. The Labute approximate surface area is 113 Å². The van der Waals surface area contributed by atoms with Crippen LogP contribution in [0.15, 0.2) is 18.2 Å². The Morgan fingerprint density at radius 2 is 1.84 bits per heavy atom. The molecule has 1 saturated heterocycles. The van der Waals surface area contributed by atoms with Crippen LogP contribution in [-0.4, -0.2) is 29.4 Å². The Kier molecular flexibility index (Phi) is 4.42. The van der Waals surface area contributed by atoms with Crippen LogP contribution >= 0.6 is 0 Å². The van der Waals surface area contributed by atoms with E-state index in [-0.39, 0.29) is 11.9 Å². The highest BCUT2D eigenvalue weighted by Crippen LogP contribution is 2.32. The minimum atomic E-state index is -0.814. The molecule has 2 atom stereocenters. The molecule has 0 aromatic heterocycles. The Hall–Kier alpha value is -1.13. The highest BCUT2D eigenvalue weighted by molar-refractivity contribution is 5.55. The largest absolute Gasteiger partial charge is 0.393 e. The summed E-state index contributed by atoms with van der Waals surface area (Å²) in [5.74, 6) is -0.0371. The summed E-state index contributed by atoms with van der Waals surface area (Å²) >= 11 is 0. The molecule has 2 rings (SSSR count). The van der Waals surface area contributed by atoms with Crippen LogP contribution in [0, 0.1) is 11.7 Å². The van der Waals surface area contributed by atoms with E-state index in [1.807, 2.05) is 13.0 Å². The molecule has 0 saturated carbocycles. The van der Waals surface area contributed by atoms with Gasteiger partial charge in [0.2, 0.25) is 0 Å². The van der Waals surface area contributed by atoms with Crippen molar-refractivity contribution in [2.45, 2.75) is 38.9 Å². The lowest BCUT2D eigenvalue weighted by molar-refractivity contribution is 0.109. The minimum absolute atomic E-state index is 0.286. The number of nitrogens with zero attached hydrogens (tertiary/aromatic N) is 1. The molecule has 1 fully saturated rings. The number of hydrogen-bond donors (Lipinski definition) is 2. The van der Waals surface area contributed by atoms with Gasteiger partial charge in [0.05, 0.1) is 12.2 Å². The van der Waals surface area contributed by atoms with Gasteiger partial charge in [-0.05, 0) is 44.7 Å². The smallest absolute Gasteiger partial charge is 0.131 e. The molecule has 0 spiro atoms. The van der Waals surface area contributed by atoms with Crippen molar-refractivity contribution in [3.05, 3.63) is 29.6 Å². The standard InChI is InChI=1S/C15H22FNO2/c1-10(18)12-6-8-17(9-7-12)14-5-3-4-13(16)15(14)11(2)19/h3-5,10-12,18-19H,6-9H2,1-2H3. The van der Waals surface area contributed by atoms with Gasteiger partial charge in [0.25, 0.3) is 0 Å². The van der Waals surface area contributed by atoms with Crippen LogP contribution in [0.5, 0.6) is 0 Å². The van der Waals surface area contributed by atoms with Gasteiger partial charge in [-0.3, -0.25) is 0 Å². The summed E-state index contributed by atoms with van der Waals surface area (Å²) < 4.78 is 13.8. The van der Waals surface area contributed by atoms with E-state index in [0.29, 0.717) is 11.5 Å². The second-order valence-corrected chi connectivity index (χ2v) is 5.41. The van der Waals surface area contributed by atoms with Crippen molar-refractivity contribution in [3.63, 3.8) is 0 Å². The average Bonchev–Trinajstić information content (AvgIpc) is 2.38. The predicted molar refractivity (Wildman–Crippen MR) is 73.7 cm³/mol. The summed E-state index contributed by atoms with van der Waals surface area (Å²) in [5, 5.41) is 19.4. The first kappa shape index (κ1) is 14.3. The van der Waals surface area contributed by atoms with Crippen molar-refractivity contribution in [2.75, 3.05) is 18.0 Å². The highest BCUT2D eigenvalue weighted by atomic mass is 19.1.